The summed E-state index contributed by atoms with van der Waals surface area (Å²) in [6.07, 6.45) is 1.51. The number of aromatic nitrogens is 2. The Morgan fingerprint density at radius 1 is 1.06 bits per heavy atom. The number of alkyl halides is 3. The highest BCUT2D eigenvalue weighted by atomic mass is 19.4. The second kappa shape index (κ2) is 11.3. The van der Waals surface area contributed by atoms with Gasteiger partial charge in [0.15, 0.2) is 0 Å². The first-order valence-electron chi connectivity index (χ1n) is 10.9. The molecule has 2 aromatic rings. The molecule has 2 aliphatic heterocycles. The van der Waals surface area contributed by atoms with Crippen molar-refractivity contribution in [3.63, 3.8) is 0 Å². The van der Waals surface area contributed by atoms with E-state index in [1.54, 1.807) is 18.5 Å². The average molecular weight is 480 g/mol. The summed E-state index contributed by atoms with van der Waals surface area (Å²) in [4.78, 5) is 26.1. The van der Waals surface area contributed by atoms with Crippen molar-refractivity contribution >= 4 is 11.9 Å². The van der Waals surface area contributed by atoms with Crippen LogP contribution in [-0.2, 0) is 4.79 Å². The minimum Gasteiger partial charge on any atom is -0.492 e. The Balaban J connectivity index is 0.000000406. The maximum Gasteiger partial charge on any atom is 0.490 e. The number of para-hydroxylation sites is 1. The summed E-state index contributed by atoms with van der Waals surface area (Å²) in [5, 5.41) is 14.7. The number of piperidine rings is 1. The van der Waals surface area contributed by atoms with Gasteiger partial charge in [-0.2, -0.15) is 23.4 Å². The highest BCUT2D eigenvalue weighted by Gasteiger charge is 2.42. The quantitative estimate of drug-likeness (QED) is 0.703. The molecule has 1 unspecified atom stereocenters. The fourth-order valence-electron chi connectivity index (χ4n) is 4.35. The number of rotatable bonds is 5. The van der Waals surface area contributed by atoms with Gasteiger partial charge in [0.1, 0.15) is 12.4 Å². The molecule has 1 atom stereocenters. The molecule has 2 saturated heterocycles. The molecule has 3 heterocycles. The van der Waals surface area contributed by atoms with Crippen LogP contribution in [0.1, 0.15) is 29.6 Å². The lowest BCUT2D eigenvalue weighted by Crippen LogP contribution is -2.46. The minimum absolute atomic E-state index is 0.0753. The van der Waals surface area contributed by atoms with Crippen molar-refractivity contribution in [3.8, 4) is 5.75 Å². The molecule has 4 rings (SSSR count). The van der Waals surface area contributed by atoms with Gasteiger partial charge in [-0.25, -0.2) is 4.79 Å². The number of nitrogens with zero attached hydrogens (tertiary/aromatic N) is 4. The normalized spacial score (nSPS) is 20.5. The van der Waals surface area contributed by atoms with Crippen molar-refractivity contribution in [2.45, 2.75) is 25.4 Å². The van der Waals surface area contributed by atoms with E-state index in [0.29, 0.717) is 12.2 Å². The largest absolute Gasteiger partial charge is 0.492 e. The number of carboxylic acid groups (broad SMARTS) is 1. The van der Waals surface area contributed by atoms with Crippen LogP contribution >= 0.6 is 0 Å². The summed E-state index contributed by atoms with van der Waals surface area (Å²) in [6.45, 7) is 5.45. The molecule has 1 aromatic heterocycles. The first-order valence-corrected chi connectivity index (χ1v) is 10.9. The number of halogens is 3. The Morgan fingerprint density at radius 3 is 2.44 bits per heavy atom. The van der Waals surface area contributed by atoms with Crippen LogP contribution in [0.3, 0.4) is 0 Å². The summed E-state index contributed by atoms with van der Waals surface area (Å²) >= 11 is 0. The topological polar surface area (TPSA) is 95.9 Å². The summed E-state index contributed by atoms with van der Waals surface area (Å²) in [5.74, 6) is -1.76. The summed E-state index contributed by atoms with van der Waals surface area (Å²) < 4.78 is 37.6. The second-order valence-corrected chi connectivity index (χ2v) is 8.45. The Labute approximate surface area is 195 Å². The first-order chi connectivity index (χ1) is 16.2. The van der Waals surface area contributed by atoms with E-state index in [2.05, 4.69) is 15.1 Å². The van der Waals surface area contributed by atoms with Crippen LogP contribution in [0.2, 0.25) is 0 Å². The van der Waals surface area contributed by atoms with Gasteiger partial charge in [-0.05, 0) is 44.0 Å². The van der Waals surface area contributed by atoms with Gasteiger partial charge in [0.25, 0.3) is 5.91 Å². The molecule has 184 valence electrons. The number of ether oxygens (including phenoxy) is 1. The second-order valence-electron chi connectivity index (χ2n) is 8.45. The van der Waals surface area contributed by atoms with Gasteiger partial charge >= 0.3 is 12.1 Å². The highest BCUT2D eigenvalue weighted by Crippen LogP contribution is 2.39. The van der Waals surface area contributed by atoms with E-state index in [0.717, 1.165) is 44.9 Å². The molecule has 0 aliphatic carbocycles. The van der Waals surface area contributed by atoms with E-state index in [1.165, 1.54) is 12.8 Å². The maximum atomic E-state index is 12.7. The molecule has 11 heteroatoms. The van der Waals surface area contributed by atoms with Crippen LogP contribution in [0.15, 0.2) is 48.8 Å². The first kappa shape index (κ1) is 25.4. The zero-order valence-electron chi connectivity index (χ0n) is 18.6. The van der Waals surface area contributed by atoms with E-state index >= 15 is 0 Å². The number of amides is 1. The zero-order chi connectivity index (χ0) is 24.6. The lowest BCUT2D eigenvalue weighted by molar-refractivity contribution is -0.192. The smallest absolute Gasteiger partial charge is 0.490 e. The van der Waals surface area contributed by atoms with Crippen LogP contribution in [0.25, 0.3) is 0 Å². The van der Waals surface area contributed by atoms with Crippen molar-refractivity contribution < 1.29 is 32.6 Å². The third-order valence-corrected chi connectivity index (χ3v) is 5.96. The van der Waals surface area contributed by atoms with Gasteiger partial charge in [-0.3, -0.25) is 9.69 Å². The molecule has 0 radical (unpaired) electrons. The van der Waals surface area contributed by atoms with Crippen molar-refractivity contribution in [3.05, 3.63) is 54.4 Å². The molecule has 34 heavy (non-hydrogen) atoms. The standard InChI is InChI=1S/C21H26N4O2.C2HF3O2/c26-20(18-7-10-22-23-15-18)25-12-9-21(17-25)8-4-11-24(16-21)13-14-27-19-5-2-1-3-6-19;3-2(4,5)1(6)7/h1-3,5-7,10,15H,4,8-9,11-14,16-17H2;(H,6,7). The minimum atomic E-state index is -5.08. The summed E-state index contributed by atoms with van der Waals surface area (Å²) in [6, 6.07) is 11.7. The fourth-order valence-corrected chi connectivity index (χ4v) is 4.35. The van der Waals surface area contributed by atoms with Crippen LogP contribution in [0, 0.1) is 5.41 Å². The van der Waals surface area contributed by atoms with Crippen LogP contribution in [-0.4, -0.2) is 82.5 Å². The van der Waals surface area contributed by atoms with E-state index in [-0.39, 0.29) is 11.3 Å². The van der Waals surface area contributed by atoms with E-state index < -0.39 is 12.1 Å². The van der Waals surface area contributed by atoms with E-state index in [1.807, 2.05) is 35.2 Å². The Morgan fingerprint density at radius 2 is 1.79 bits per heavy atom. The molecule has 8 nitrogen and oxygen atoms in total. The number of carbonyl (C=O) groups is 2. The molecule has 2 aliphatic rings. The molecule has 2 fully saturated rings. The molecular formula is C23H27F3N4O4. The molecule has 1 N–H and O–H groups in total. The molecule has 0 bridgehead atoms. The third-order valence-electron chi connectivity index (χ3n) is 5.96. The predicted molar refractivity (Wildman–Crippen MR) is 116 cm³/mol. The average Bonchev–Trinajstić information content (AvgIpc) is 3.22. The number of aliphatic carboxylic acids is 1. The van der Waals surface area contributed by atoms with Crippen molar-refractivity contribution in [1.82, 2.24) is 20.0 Å². The van der Waals surface area contributed by atoms with E-state index in [4.69, 9.17) is 14.6 Å². The zero-order valence-corrected chi connectivity index (χ0v) is 18.6. The molecule has 1 aromatic carbocycles. The lowest BCUT2D eigenvalue weighted by atomic mass is 9.79. The monoisotopic (exact) mass is 480 g/mol. The molecule has 1 amide bonds. The van der Waals surface area contributed by atoms with Crippen molar-refractivity contribution in [1.29, 1.82) is 0 Å². The van der Waals surface area contributed by atoms with Gasteiger partial charge in [-0.15, -0.1) is 0 Å². The Kier molecular flexibility index (Phi) is 8.43. The van der Waals surface area contributed by atoms with Crippen LogP contribution in [0.4, 0.5) is 13.2 Å². The van der Waals surface area contributed by atoms with Gasteiger partial charge in [0.05, 0.1) is 18.0 Å². The number of carbonyl (C=O) groups excluding carboxylic acids is 1. The van der Waals surface area contributed by atoms with Gasteiger partial charge < -0.3 is 14.7 Å². The van der Waals surface area contributed by atoms with E-state index in [9.17, 15) is 18.0 Å². The summed E-state index contributed by atoms with van der Waals surface area (Å²) in [7, 11) is 0. The van der Waals surface area contributed by atoms with Crippen LogP contribution in [0.5, 0.6) is 5.75 Å². The predicted octanol–water partition coefficient (Wildman–Crippen LogP) is 3.12. The number of carboxylic acids is 1. The third kappa shape index (κ3) is 7.14. The fraction of sp³-hybridized carbons (Fsp3) is 0.478. The van der Waals surface area contributed by atoms with Gasteiger partial charge in [0, 0.05) is 31.6 Å². The summed E-state index contributed by atoms with van der Waals surface area (Å²) in [5.41, 5.74) is 0.854. The lowest BCUT2D eigenvalue weighted by Gasteiger charge is -2.40. The highest BCUT2D eigenvalue weighted by molar-refractivity contribution is 5.94. The number of benzene rings is 1. The van der Waals surface area contributed by atoms with Crippen LogP contribution < -0.4 is 4.74 Å². The van der Waals surface area contributed by atoms with Crippen molar-refractivity contribution in [2.75, 3.05) is 39.3 Å². The number of likely N-dealkylation sites (tertiary alicyclic amines) is 2. The maximum absolute atomic E-state index is 12.7. The van der Waals surface area contributed by atoms with Crippen molar-refractivity contribution in [2.24, 2.45) is 5.41 Å². The SMILES string of the molecule is O=C(O)C(F)(F)F.O=C(c1ccnnc1)N1CCC2(CCCN(CCOc3ccccc3)C2)C1. The number of hydrogen-bond donors (Lipinski definition) is 1. The van der Waals surface area contributed by atoms with Gasteiger partial charge in [-0.1, -0.05) is 18.2 Å². The van der Waals surface area contributed by atoms with Gasteiger partial charge in [0.2, 0.25) is 0 Å². The molecule has 0 saturated carbocycles. The molecule has 1 spiro atoms. The number of hydrogen-bond acceptors (Lipinski definition) is 6. The Hall–Kier alpha value is -3.21. The Bertz CT molecular complexity index is 946. The molecular weight excluding hydrogens is 453 g/mol.